The second kappa shape index (κ2) is 6.91. The fourth-order valence-electron chi connectivity index (χ4n) is 1.76. The Morgan fingerprint density at radius 1 is 1.48 bits per heavy atom. The monoisotopic (exact) mass is 324 g/mol. The predicted molar refractivity (Wildman–Crippen MR) is 86.3 cm³/mol. The number of aromatic nitrogens is 1. The first-order valence-electron chi connectivity index (χ1n) is 6.70. The summed E-state index contributed by atoms with van der Waals surface area (Å²) in [6.45, 7) is 6.33. The molecule has 6 heteroatoms. The van der Waals surface area contributed by atoms with E-state index in [0.29, 0.717) is 17.3 Å². The number of benzene rings is 1. The summed E-state index contributed by atoms with van der Waals surface area (Å²) in [5.41, 5.74) is 1.21. The van der Waals surface area contributed by atoms with E-state index in [1.165, 1.54) is 11.3 Å². The summed E-state index contributed by atoms with van der Waals surface area (Å²) in [6.07, 6.45) is 0. The van der Waals surface area contributed by atoms with Crippen LogP contribution in [-0.2, 0) is 0 Å². The largest absolute Gasteiger partial charge is 0.494 e. The summed E-state index contributed by atoms with van der Waals surface area (Å²) in [7, 11) is 0. The van der Waals surface area contributed by atoms with Crippen molar-refractivity contribution in [3.8, 4) is 16.3 Å². The van der Waals surface area contributed by atoms with Crippen LogP contribution in [0.4, 0.5) is 0 Å². The average Bonchev–Trinajstić information content (AvgIpc) is 2.88. The number of ether oxygens (including phenoxy) is 1. The summed E-state index contributed by atoms with van der Waals surface area (Å²) in [5, 5.41) is 5.83. The molecule has 0 saturated heterocycles. The fraction of sp³-hybridized carbons (Fsp3) is 0.333. The van der Waals surface area contributed by atoms with Crippen LogP contribution in [0.25, 0.3) is 10.6 Å². The van der Waals surface area contributed by atoms with E-state index in [0.717, 1.165) is 16.3 Å². The molecule has 0 saturated carbocycles. The lowest BCUT2D eigenvalue weighted by atomic mass is 10.2. The molecule has 0 bridgehead atoms. The van der Waals surface area contributed by atoms with Crippen LogP contribution in [0.15, 0.2) is 23.6 Å². The first kappa shape index (κ1) is 15.8. The van der Waals surface area contributed by atoms with E-state index in [9.17, 15) is 4.79 Å². The Labute approximate surface area is 133 Å². The number of halogens is 1. The molecule has 2 aromatic rings. The highest BCUT2D eigenvalue weighted by molar-refractivity contribution is 7.13. The molecule has 1 heterocycles. The number of carbonyl (C=O) groups excluding carboxylic acids is 1. The zero-order valence-corrected chi connectivity index (χ0v) is 13.7. The van der Waals surface area contributed by atoms with E-state index < -0.39 is 0 Å². The maximum absolute atomic E-state index is 11.9. The summed E-state index contributed by atoms with van der Waals surface area (Å²) in [4.78, 5) is 16.3. The molecule has 4 nitrogen and oxygen atoms in total. The second-order valence-corrected chi connectivity index (χ2v) is 6.01. The van der Waals surface area contributed by atoms with E-state index in [4.69, 9.17) is 16.3 Å². The van der Waals surface area contributed by atoms with Crippen molar-refractivity contribution in [3.05, 3.63) is 34.3 Å². The van der Waals surface area contributed by atoms with Gasteiger partial charge in [0.1, 0.15) is 16.5 Å². The molecule has 0 fully saturated rings. The summed E-state index contributed by atoms with van der Waals surface area (Å²) in [5.74, 6) is 0.551. The highest BCUT2D eigenvalue weighted by atomic mass is 35.5. The minimum absolute atomic E-state index is 0.0803. The van der Waals surface area contributed by atoms with Gasteiger partial charge >= 0.3 is 0 Å². The average molecular weight is 325 g/mol. The minimum Gasteiger partial charge on any atom is -0.494 e. The van der Waals surface area contributed by atoms with Crippen molar-refractivity contribution in [1.82, 2.24) is 10.3 Å². The van der Waals surface area contributed by atoms with Crippen LogP contribution in [0.3, 0.4) is 0 Å². The van der Waals surface area contributed by atoms with Crippen LogP contribution in [0.1, 0.15) is 31.3 Å². The van der Waals surface area contributed by atoms with E-state index >= 15 is 0 Å². The van der Waals surface area contributed by atoms with Crippen LogP contribution in [-0.4, -0.2) is 23.5 Å². The van der Waals surface area contributed by atoms with E-state index in [-0.39, 0.29) is 11.9 Å². The van der Waals surface area contributed by atoms with Gasteiger partial charge in [-0.1, -0.05) is 11.6 Å². The van der Waals surface area contributed by atoms with Gasteiger partial charge in [-0.25, -0.2) is 4.98 Å². The lowest BCUT2D eigenvalue weighted by molar-refractivity contribution is 0.0939. The van der Waals surface area contributed by atoms with Gasteiger partial charge in [0.25, 0.3) is 5.91 Å². The van der Waals surface area contributed by atoms with Gasteiger partial charge in [-0.3, -0.25) is 4.79 Å². The smallest absolute Gasteiger partial charge is 0.270 e. The Kier molecular flexibility index (Phi) is 5.20. The lowest BCUT2D eigenvalue weighted by Gasteiger charge is -2.06. The number of carbonyl (C=O) groups is 1. The number of hydrogen-bond donors (Lipinski definition) is 1. The number of thiazole rings is 1. The third-order valence-corrected chi connectivity index (χ3v) is 3.83. The van der Waals surface area contributed by atoms with Crippen molar-refractivity contribution in [2.45, 2.75) is 26.8 Å². The molecule has 21 heavy (non-hydrogen) atoms. The Morgan fingerprint density at radius 2 is 2.24 bits per heavy atom. The maximum Gasteiger partial charge on any atom is 0.270 e. The first-order valence-corrected chi connectivity index (χ1v) is 7.96. The van der Waals surface area contributed by atoms with Crippen LogP contribution in [0, 0.1) is 0 Å². The fourth-order valence-corrected chi connectivity index (χ4v) is 2.92. The predicted octanol–water partition coefficient (Wildman–Crippen LogP) is 4.00. The van der Waals surface area contributed by atoms with E-state index in [2.05, 4.69) is 10.3 Å². The van der Waals surface area contributed by atoms with Gasteiger partial charge in [0.2, 0.25) is 0 Å². The van der Waals surface area contributed by atoms with E-state index in [1.807, 2.05) is 32.9 Å². The van der Waals surface area contributed by atoms with Gasteiger partial charge in [0, 0.05) is 17.0 Å². The van der Waals surface area contributed by atoms with E-state index in [1.54, 1.807) is 11.4 Å². The van der Waals surface area contributed by atoms with Crippen LogP contribution < -0.4 is 10.1 Å². The zero-order valence-electron chi connectivity index (χ0n) is 12.1. The molecule has 1 aromatic carbocycles. The van der Waals surface area contributed by atoms with Crippen LogP contribution in [0.2, 0.25) is 5.02 Å². The molecule has 0 atom stereocenters. The number of rotatable bonds is 5. The second-order valence-electron chi connectivity index (χ2n) is 4.74. The van der Waals surface area contributed by atoms with Crippen molar-refractivity contribution in [1.29, 1.82) is 0 Å². The minimum atomic E-state index is -0.172. The van der Waals surface area contributed by atoms with Crippen molar-refractivity contribution in [2.24, 2.45) is 0 Å². The molecule has 112 valence electrons. The molecule has 0 aliphatic rings. The molecule has 0 radical (unpaired) electrons. The highest BCUT2D eigenvalue weighted by Crippen LogP contribution is 2.33. The quantitative estimate of drug-likeness (QED) is 0.904. The standard InChI is InChI=1S/C15H17ClN2O2S/c1-4-20-10-5-6-11(12(16)7-10)15-18-13(8-21-15)14(19)17-9(2)3/h5-9H,4H2,1-3H3,(H,17,19). The first-order chi connectivity index (χ1) is 10.0. The molecular weight excluding hydrogens is 308 g/mol. The van der Waals surface area contributed by atoms with Gasteiger partial charge in [0.15, 0.2) is 0 Å². The maximum atomic E-state index is 11.9. The molecule has 0 spiro atoms. The Balaban J connectivity index is 2.23. The molecule has 1 N–H and O–H groups in total. The van der Waals surface area contributed by atoms with Crippen LogP contribution in [0.5, 0.6) is 5.75 Å². The van der Waals surface area contributed by atoms with Gasteiger partial charge in [0.05, 0.1) is 11.6 Å². The van der Waals surface area contributed by atoms with Crippen molar-refractivity contribution >= 4 is 28.8 Å². The van der Waals surface area contributed by atoms with Crippen LogP contribution >= 0.6 is 22.9 Å². The van der Waals surface area contributed by atoms with Gasteiger partial charge < -0.3 is 10.1 Å². The summed E-state index contributed by atoms with van der Waals surface area (Å²) in [6, 6.07) is 5.54. The lowest BCUT2D eigenvalue weighted by Crippen LogP contribution is -2.30. The van der Waals surface area contributed by atoms with Crippen molar-refractivity contribution in [2.75, 3.05) is 6.61 Å². The normalized spacial score (nSPS) is 10.7. The van der Waals surface area contributed by atoms with Gasteiger partial charge in [-0.2, -0.15) is 0 Å². The van der Waals surface area contributed by atoms with Crippen molar-refractivity contribution in [3.63, 3.8) is 0 Å². The van der Waals surface area contributed by atoms with Gasteiger partial charge in [-0.15, -0.1) is 11.3 Å². The Hall–Kier alpha value is -1.59. The molecule has 0 aliphatic heterocycles. The molecule has 0 aliphatic carbocycles. The zero-order chi connectivity index (χ0) is 15.4. The molecule has 1 amide bonds. The highest BCUT2D eigenvalue weighted by Gasteiger charge is 2.14. The molecular formula is C15H17ClN2O2S. The number of nitrogens with one attached hydrogen (secondary N) is 1. The Bertz CT molecular complexity index is 640. The SMILES string of the molecule is CCOc1ccc(-c2nc(C(=O)NC(C)C)cs2)c(Cl)c1. The number of amides is 1. The molecule has 2 rings (SSSR count). The topological polar surface area (TPSA) is 51.2 Å². The van der Waals surface area contributed by atoms with Crippen molar-refractivity contribution < 1.29 is 9.53 Å². The molecule has 0 unspecified atom stereocenters. The third kappa shape index (κ3) is 3.95. The number of hydrogen-bond acceptors (Lipinski definition) is 4. The van der Waals surface area contributed by atoms with Gasteiger partial charge in [-0.05, 0) is 39.0 Å². The third-order valence-electron chi connectivity index (χ3n) is 2.64. The number of nitrogens with zero attached hydrogens (tertiary/aromatic N) is 1. The molecule has 1 aromatic heterocycles. The summed E-state index contributed by atoms with van der Waals surface area (Å²) < 4.78 is 5.40. The Morgan fingerprint density at radius 3 is 2.86 bits per heavy atom. The summed E-state index contributed by atoms with van der Waals surface area (Å²) >= 11 is 7.65.